The summed E-state index contributed by atoms with van der Waals surface area (Å²) in [5, 5.41) is 6.98. The summed E-state index contributed by atoms with van der Waals surface area (Å²) in [6.45, 7) is 5.43. The molecule has 1 aromatic carbocycles. The zero-order chi connectivity index (χ0) is 22.7. The number of piperazine rings is 1. The van der Waals surface area contributed by atoms with Gasteiger partial charge in [0, 0.05) is 32.4 Å². The number of alkyl halides is 2. The third-order valence-corrected chi connectivity index (χ3v) is 6.69. The molecule has 0 aliphatic carbocycles. The van der Waals surface area contributed by atoms with Crippen molar-refractivity contribution in [2.45, 2.75) is 19.9 Å². The van der Waals surface area contributed by atoms with Crippen molar-refractivity contribution < 1.29 is 17.4 Å². The van der Waals surface area contributed by atoms with Crippen LogP contribution in [0.4, 0.5) is 14.5 Å². The van der Waals surface area contributed by atoms with Gasteiger partial charge in [-0.05, 0) is 43.8 Å². The minimum absolute atomic E-state index is 0.0177. The lowest BCUT2D eigenvalue weighted by Crippen LogP contribution is -2.49. The summed E-state index contributed by atoms with van der Waals surface area (Å²) in [6.07, 6.45) is -1.33. The number of likely N-dealkylation sites (N-methyl/N-ethyl adjacent to an activating group) is 1. The van der Waals surface area contributed by atoms with E-state index in [-0.39, 0.29) is 5.89 Å². The van der Waals surface area contributed by atoms with Crippen LogP contribution < -0.4 is 4.31 Å². The number of hydrogen-bond donors (Lipinski definition) is 0. The van der Waals surface area contributed by atoms with Crippen LogP contribution in [0.2, 0.25) is 0 Å². The normalized spacial score (nSPS) is 16.4. The van der Waals surface area contributed by atoms with Crippen LogP contribution in [-0.4, -0.2) is 61.8 Å². The predicted molar refractivity (Wildman–Crippen MR) is 117 cm³/mol. The molecule has 0 spiro atoms. The maximum absolute atomic E-state index is 13.5. The van der Waals surface area contributed by atoms with Crippen molar-refractivity contribution >= 4 is 16.9 Å². The smallest absolute Gasteiger partial charge is 0.314 e. The second-order valence-corrected chi connectivity index (χ2v) is 9.04. The molecule has 4 rings (SSSR count). The molecule has 32 heavy (non-hydrogen) atoms. The first-order valence-corrected chi connectivity index (χ1v) is 11.2. The summed E-state index contributed by atoms with van der Waals surface area (Å²) in [5.74, 6) is -0.742. The maximum atomic E-state index is 13.5. The number of anilines is 1. The Labute approximate surface area is 187 Å². The first-order valence-electron chi connectivity index (χ1n) is 10.2. The van der Waals surface area contributed by atoms with E-state index >= 15 is 0 Å². The van der Waals surface area contributed by atoms with Crippen LogP contribution in [0, 0.1) is 6.92 Å². The molecule has 1 fully saturated rings. The van der Waals surface area contributed by atoms with E-state index in [4.69, 9.17) is 4.42 Å². The number of rotatable bonds is 7. The molecule has 3 aromatic rings. The summed E-state index contributed by atoms with van der Waals surface area (Å²) in [7, 11) is 2.05. The Morgan fingerprint density at radius 1 is 1.16 bits per heavy atom. The highest BCUT2D eigenvalue weighted by Crippen LogP contribution is 2.25. The fraction of sp³-hybridized carbons (Fsp3) is 0.381. The molecule has 0 bridgehead atoms. The molecule has 170 valence electrons. The van der Waals surface area contributed by atoms with Gasteiger partial charge < -0.3 is 9.32 Å². The highest BCUT2D eigenvalue weighted by molar-refractivity contribution is 7.84. The van der Waals surface area contributed by atoms with Gasteiger partial charge in [-0.3, -0.25) is 9.29 Å². The second kappa shape index (κ2) is 9.80. The molecule has 8 nitrogen and oxygen atoms in total. The van der Waals surface area contributed by atoms with Crippen LogP contribution >= 0.6 is 0 Å². The van der Waals surface area contributed by atoms with E-state index in [1.54, 1.807) is 12.1 Å². The highest BCUT2D eigenvalue weighted by atomic mass is 32.2. The monoisotopic (exact) mass is 462 g/mol. The lowest BCUT2D eigenvalue weighted by atomic mass is 10.2. The van der Waals surface area contributed by atoms with Crippen molar-refractivity contribution in [1.82, 2.24) is 24.4 Å². The average Bonchev–Trinajstić information content (AvgIpc) is 3.29. The lowest BCUT2D eigenvalue weighted by Gasteiger charge is -2.35. The zero-order valence-electron chi connectivity index (χ0n) is 17.8. The van der Waals surface area contributed by atoms with E-state index < -0.39 is 23.5 Å². The topological polar surface area (TPSA) is 78.6 Å². The SMILES string of the molecule is Cc1cccc(N(Cc2ccc(-c3nnc(C(F)F)o3)cn2)S(=O)N2CCN(C)CC2)c1. The molecule has 11 heteroatoms. The molecule has 0 amide bonds. The number of halogens is 2. The van der Waals surface area contributed by atoms with E-state index in [0.717, 1.165) is 24.3 Å². The summed E-state index contributed by atoms with van der Waals surface area (Å²) in [4.78, 5) is 6.63. The van der Waals surface area contributed by atoms with Crippen LogP contribution in [0.5, 0.6) is 0 Å². The molecule has 1 saturated heterocycles. The molecule has 1 aliphatic rings. The molecule has 0 N–H and O–H groups in total. The Morgan fingerprint density at radius 2 is 1.94 bits per heavy atom. The van der Waals surface area contributed by atoms with Crippen LogP contribution in [-0.2, 0) is 17.7 Å². The van der Waals surface area contributed by atoms with Gasteiger partial charge in [0.05, 0.1) is 23.5 Å². The van der Waals surface area contributed by atoms with Crippen molar-refractivity contribution in [3.8, 4) is 11.5 Å². The molecule has 3 heterocycles. The number of aromatic nitrogens is 3. The minimum atomic E-state index is -2.82. The Balaban J connectivity index is 1.55. The van der Waals surface area contributed by atoms with Crippen molar-refractivity contribution in [1.29, 1.82) is 0 Å². The van der Waals surface area contributed by atoms with Crippen LogP contribution in [0.1, 0.15) is 23.6 Å². The lowest BCUT2D eigenvalue weighted by molar-refractivity contribution is 0.116. The fourth-order valence-corrected chi connectivity index (χ4v) is 4.63. The molecule has 0 radical (unpaired) electrons. The van der Waals surface area contributed by atoms with Gasteiger partial charge in [-0.2, -0.15) is 8.78 Å². The van der Waals surface area contributed by atoms with Crippen LogP contribution in [0.15, 0.2) is 47.0 Å². The third kappa shape index (κ3) is 5.17. The van der Waals surface area contributed by atoms with Gasteiger partial charge in [0.1, 0.15) is 0 Å². The Morgan fingerprint density at radius 3 is 2.56 bits per heavy atom. The van der Waals surface area contributed by atoms with Gasteiger partial charge >= 0.3 is 6.43 Å². The van der Waals surface area contributed by atoms with Gasteiger partial charge in [-0.15, -0.1) is 10.2 Å². The minimum Gasteiger partial charge on any atom is -0.415 e. The summed E-state index contributed by atoms with van der Waals surface area (Å²) in [6, 6.07) is 11.3. The van der Waals surface area contributed by atoms with Crippen molar-refractivity contribution in [2.24, 2.45) is 0 Å². The summed E-state index contributed by atoms with van der Waals surface area (Å²) >= 11 is -1.39. The molecule has 2 aromatic heterocycles. The average molecular weight is 463 g/mol. The number of nitrogens with zero attached hydrogens (tertiary/aromatic N) is 6. The van der Waals surface area contributed by atoms with Crippen LogP contribution in [0.3, 0.4) is 0 Å². The zero-order valence-corrected chi connectivity index (χ0v) is 18.6. The summed E-state index contributed by atoms with van der Waals surface area (Å²) < 4.78 is 47.6. The molecule has 1 atom stereocenters. The number of benzene rings is 1. The first-order chi connectivity index (χ1) is 15.4. The highest BCUT2D eigenvalue weighted by Gasteiger charge is 2.25. The Bertz CT molecular complexity index is 1070. The molecular formula is C21H24F2N6O2S. The van der Waals surface area contributed by atoms with Crippen molar-refractivity contribution in [3.05, 3.63) is 59.7 Å². The van der Waals surface area contributed by atoms with Crippen molar-refractivity contribution in [2.75, 3.05) is 37.5 Å². The fourth-order valence-electron chi connectivity index (χ4n) is 3.33. The predicted octanol–water partition coefficient (Wildman–Crippen LogP) is 3.21. The van der Waals surface area contributed by atoms with E-state index in [2.05, 4.69) is 27.1 Å². The van der Waals surface area contributed by atoms with Gasteiger partial charge in [0.15, 0.2) is 11.2 Å². The van der Waals surface area contributed by atoms with Crippen LogP contribution in [0.25, 0.3) is 11.5 Å². The maximum Gasteiger partial charge on any atom is 0.314 e. The number of aryl methyl sites for hydroxylation is 1. The van der Waals surface area contributed by atoms with E-state index in [9.17, 15) is 13.0 Å². The number of hydrogen-bond acceptors (Lipinski definition) is 6. The van der Waals surface area contributed by atoms with E-state index in [1.807, 2.05) is 39.8 Å². The second-order valence-electron chi connectivity index (χ2n) is 7.62. The third-order valence-electron chi connectivity index (χ3n) is 5.17. The standard InChI is InChI=1S/C21H24F2N6O2S/c1-15-4-3-5-18(12-15)29(32(30)28-10-8-27(2)9-11-28)14-17-7-6-16(13-24-17)20-25-26-21(31-20)19(22)23/h3-7,12-13,19H,8-11,14H2,1-2H3. The first kappa shape index (κ1) is 22.4. The quantitative estimate of drug-likeness (QED) is 0.537. The largest absolute Gasteiger partial charge is 0.415 e. The van der Waals surface area contributed by atoms with Crippen molar-refractivity contribution in [3.63, 3.8) is 0 Å². The van der Waals surface area contributed by atoms with Gasteiger partial charge in [-0.25, -0.2) is 8.51 Å². The Hall–Kier alpha value is -2.76. The molecule has 0 saturated carbocycles. The number of pyridine rings is 1. The van der Waals surface area contributed by atoms with Gasteiger partial charge in [0.2, 0.25) is 5.89 Å². The van der Waals surface area contributed by atoms with Gasteiger partial charge in [0.25, 0.3) is 5.89 Å². The van der Waals surface area contributed by atoms with E-state index in [1.165, 1.54) is 6.20 Å². The molecular weight excluding hydrogens is 438 g/mol. The summed E-state index contributed by atoms with van der Waals surface area (Å²) in [5.41, 5.74) is 3.02. The Kier molecular flexibility index (Phi) is 6.87. The molecule has 1 unspecified atom stereocenters. The van der Waals surface area contributed by atoms with E-state index in [0.29, 0.717) is 30.9 Å². The molecule has 1 aliphatic heterocycles. The van der Waals surface area contributed by atoms with Gasteiger partial charge in [-0.1, -0.05) is 12.1 Å².